The number of carbonyl (C=O) groups is 1. The first-order valence-electron chi connectivity index (χ1n) is 11.8. The number of hydrogen-bond acceptors (Lipinski definition) is 7. The van der Waals surface area contributed by atoms with Gasteiger partial charge in [-0.1, -0.05) is 0 Å². The third kappa shape index (κ3) is 6.93. The molecule has 182 valence electrons. The summed E-state index contributed by atoms with van der Waals surface area (Å²) in [6.07, 6.45) is 4.39. The molecule has 0 bridgehead atoms. The quantitative estimate of drug-likeness (QED) is 0.198. The molecule has 0 aliphatic carbocycles. The number of esters is 1. The van der Waals surface area contributed by atoms with Crippen molar-refractivity contribution in [1.82, 2.24) is 10.3 Å². The number of methoxy groups -OCH3 is 1. The van der Waals surface area contributed by atoms with Crippen LogP contribution in [0.15, 0.2) is 46.1 Å². The van der Waals surface area contributed by atoms with Gasteiger partial charge in [0.05, 0.1) is 16.8 Å². The number of ether oxygens (including phenoxy) is 2. The molecule has 1 saturated heterocycles. The molecule has 1 aromatic carbocycles. The van der Waals surface area contributed by atoms with Crippen LogP contribution in [0.25, 0.3) is 10.9 Å². The Bertz CT molecular complexity index is 1080. The molecule has 0 saturated carbocycles. The van der Waals surface area contributed by atoms with Gasteiger partial charge in [0.25, 0.3) is 0 Å². The molecule has 1 aliphatic heterocycles. The van der Waals surface area contributed by atoms with Crippen LogP contribution in [0.1, 0.15) is 43.0 Å². The van der Waals surface area contributed by atoms with Crippen LogP contribution in [0.4, 0.5) is 4.39 Å². The normalized spacial score (nSPS) is 16.9. The number of benzene rings is 1. The van der Waals surface area contributed by atoms with Crippen molar-refractivity contribution in [2.24, 2.45) is 5.92 Å². The van der Waals surface area contributed by atoms with Crippen molar-refractivity contribution in [3.05, 3.63) is 53.0 Å². The van der Waals surface area contributed by atoms with Crippen molar-refractivity contribution in [1.29, 1.82) is 0 Å². The molecular weight excluding hydrogens is 471 g/mol. The van der Waals surface area contributed by atoms with E-state index in [1.54, 1.807) is 42.5 Å². The van der Waals surface area contributed by atoms with Gasteiger partial charge >= 0.3 is 5.97 Å². The summed E-state index contributed by atoms with van der Waals surface area (Å²) in [5, 5.41) is 6.21. The minimum atomic E-state index is -1.08. The lowest BCUT2D eigenvalue weighted by Gasteiger charge is -2.21. The van der Waals surface area contributed by atoms with Crippen molar-refractivity contribution >= 4 is 40.0 Å². The molecule has 1 N–H and O–H groups in total. The molecule has 0 amide bonds. The van der Waals surface area contributed by atoms with Gasteiger partial charge in [-0.15, -0.1) is 23.1 Å². The second-order valence-electron chi connectivity index (χ2n) is 8.55. The Morgan fingerprint density at radius 1 is 1.35 bits per heavy atom. The fourth-order valence-corrected chi connectivity index (χ4v) is 6.19. The van der Waals surface area contributed by atoms with Crippen molar-refractivity contribution in [2.75, 3.05) is 32.6 Å². The van der Waals surface area contributed by atoms with Crippen molar-refractivity contribution in [3.8, 4) is 5.75 Å². The van der Waals surface area contributed by atoms with Crippen LogP contribution in [-0.2, 0) is 16.0 Å². The van der Waals surface area contributed by atoms with Crippen molar-refractivity contribution < 1.29 is 18.7 Å². The number of nitrogens with zero attached hydrogens (tertiary/aromatic N) is 1. The smallest absolute Gasteiger partial charge is 0.306 e. The highest BCUT2D eigenvalue weighted by Gasteiger charge is 2.18. The Morgan fingerprint density at radius 2 is 2.26 bits per heavy atom. The van der Waals surface area contributed by atoms with Gasteiger partial charge in [-0.3, -0.25) is 9.78 Å². The predicted octanol–water partition coefficient (Wildman–Crippen LogP) is 5.97. The topological polar surface area (TPSA) is 60.5 Å². The maximum absolute atomic E-state index is 15.2. The Kier molecular flexibility index (Phi) is 9.18. The zero-order valence-electron chi connectivity index (χ0n) is 19.4. The molecule has 3 aromatic rings. The van der Waals surface area contributed by atoms with E-state index in [0.717, 1.165) is 52.4 Å². The van der Waals surface area contributed by atoms with Gasteiger partial charge in [0, 0.05) is 23.8 Å². The lowest BCUT2D eigenvalue weighted by Crippen LogP contribution is -2.31. The first-order valence-corrected chi connectivity index (χ1v) is 13.6. The van der Waals surface area contributed by atoms with E-state index in [2.05, 4.69) is 21.7 Å². The Hall–Kier alpha value is -2.16. The van der Waals surface area contributed by atoms with E-state index in [-0.39, 0.29) is 5.97 Å². The standard InChI is InChI=1S/C26H31FN2O3S2/c1-31-20-5-7-24-22(15-20)21(8-10-29-24)23(27)6-4-19-14-26(34-17-19)33-12-11-32-25(30)13-18-3-2-9-28-16-18/h5,7-8,10,14-15,17-18,23,28H,2-4,6,9,11-13,16H2,1H3/t18-,23-/m1/s1. The number of thiophene rings is 1. The number of thioether (sulfide) groups is 1. The lowest BCUT2D eigenvalue weighted by atomic mass is 9.96. The number of carbonyl (C=O) groups excluding carboxylic acids is 1. The number of halogens is 1. The molecule has 2 aromatic heterocycles. The molecule has 8 heteroatoms. The van der Waals surface area contributed by atoms with Gasteiger partial charge < -0.3 is 14.8 Å². The maximum Gasteiger partial charge on any atom is 0.306 e. The number of aryl methyl sites for hydroxylation is 1. The molecule has 4 rings (SSSR count). The summed E-state index contributed by atoms with van der Waals surface area (Å²) in [5.74, 6) is 1.73. The van der Waals surface area contributed by atoms with Crippen molar-refractivity contribution in [3.63, 3.8) is 0 Å². The number of rotatable bonds is 11. The molecule has 1 aliphatic rings. The van der Waals surface area contributed by atoms with E-state index in [4.69, 9.17) is 9.47 Å². The average molecular weight is 503 g/mol. The van der Waals surface area contributed by atoms with E-state index in [9.17, 15) is 4.79 Å². The zero-order chi connectivity index (χ0) is 23.8. The maximum atomic E-state index is 15.2. The third-order valence-corrected chi connectivity index (χ3v) is 8.27. The molecular formula is C26H31FN2O3S2. The van der Waals surface area contributed by atoms with E-state index < -0.39 is 6.17 Å². The van der Waals surface area contributed by atoms with Gasteiger partial charge in [-0.25, -0.2) is 4.39 Å². The van der Waals surface area contributed by atoms with Gasteiger partial charge in [0.2, 0.25) is 0 Å². The first kappa shape index (κ1) is 24.9. The lowest BCUT2D eigenvalue weighted by molar-refractivity contribution is -0.144. The van der Waals surface area contributed by atoms with E-state index in [1.807, 2.05) is 18.2 Å². The van der Waals surface area contributed by atoms with E-state index in [0.29, 0.717) is 43.1 Å². The van der Waals surface area contributed by atoms with Crippen molar-refractivity contribution in [2.45, 2.75) is 42.5 Å². The summed E-state index contributed by atoms with van der Waals surface area (Å²) in [7, 11) is 1.61. The molecule has 34 heavy (non-hydrogen) atoms. The zero-order valence-corrected chi connectivity index (χ0v) is 21.1. The van der Waals surface area contributed by atoms with Crippen LogP contribution in [0.5, 0.6) is 5.75 Å². The van der Waals surface area contributed by atoms with Crippen LogP contribution in [0, 0.1) is 5.92 Å². The summed E-state index contributed by atoms with van der Waals surface area (Å²) >= 11 is 3.34. The highest BCUT2D eigenvalue weighted by Crippen LogP contribution is 2.33. The van der Waals surface area contributed by atoms with Gasteiger partial charge in [-0.05, 0) is 91.5 Å². The largest absolute Gasteiger partial charge is 0.497 e. The molecule has 2 atom stereocenters. The summed E-state index contributed by atoms with van der Waals surface area (Å²) < 4.78 is 27.0. The fraction of sp³-hybridized carbons (Fsp3) is 0.462. The minimum absolute atomic E-state index is 0.101. The SMILES string of the molecule is COc1ccc2nccc([C@H](F)CCc3csc(SCCOC(=O)C[C@H]4CCCNC4)c3)c2c1. The highest BCUT2D eigenvalue weighted by molar-refractivity contribution is 8.01. The molecule has 3 heterocycles. The first-order chi connectivity index (χ1) is 16.6. The minimum Gasteiger partial charge on any atom is -0.497 e. The van der Waals surface area contributed by atoms with Gasteiger partial charge in [0.15, 0.2) is 0 Å². The second-order valence-corrected chi connectivity index (χ2v) is 10.9. The van der Waals surface area contributed by atoms with Gasteiger partial charge in [0.1, 0.15) is 18.5 Å². The summed E-state index contributed by atoms with van der Waals surface area (Å²) in [4.78, 5) is 16.3. The number of alkyl halides is 1. The fourth-order valence-electron chi connectivity index (χ4n) is 4.25. The van der Waals surface area contributed by atoms with Crippen LogP contribution in [0.2, 0.25) is 0 Å². The molecule has 1 fully saturated rings. The summed E-state index contributed by atoms with van der Waals surface area (Å²) in [6, 6.07) is 9.42. The van der Waals surface area contributed by atoms with Gasteiger partial charge in [-0.2, -0.15) is 0 Å². The Morgan fingerprint density at radius 3 is 3.09 bits per heavy atom. The average Bonchev–Trinajstić information content (AvgIpc) is 3.33. The molecule has 0 radical (unpaired) electrons. The van der Waals surface area contributed by atoms with Crippen LogP contribution in [-0.4, -0.2) is 43.5 Å². The number of piperidine rings is 1. The number of hydrogen-bond donors (Lipinski definition) is 1. The monoisotopic (exact) mass is 502 g/mol. The highest BCUT2D eigenvalue weighted by atomic mass is 32.2. The number of fused-ring (bicyclic) bond motifs is 1. The summed E-state index contributed by atoms with van der Waals surface area (Å²) in [5.41, 5.74) is 2.55. The molecule has 0 spiro atoms. The van der Waals surface area contributed by atoms with E-state index in [1.165, 1.54) is 0 Å². The number of aromatic nitrogens is 1. The van der Waals surface area contributed by atoms with Crippen LogP contribution < -0.4 is 10.1 Å². The molecule has 5 nitrogen and oxygen atoms in total. The van der Waals surface area contributed by atoms with E-state index >= 15 is 4.39 Å². The van der Waals surface area contributed by atoms with Crippen LogP contribution in [0.3, 0.4) is 0 Å². The number of nitrogens with one attached hydrogen (secondary N) is 1. The Balaban J connectivity index is 1.21. The Labute approximate surface area is 208 Å². The number of pyridine rings is 1. The summed E-state index contributed by atoms with van der Waals surface area (Å²) in [6.45, 7) is 2.38. The predicted molar refractivity (Wildman–Crippen MR) is 137 cm³/mol. The third-order valence-electron chi connectivity index (χ3n) is 6.08. The van der Waals surface area contributed by atoms with Crippen LogP contribution >= 0.6 is 23.1 Å². The second kappa shape index (κ2) is 12.5. The molecule has 0 unspecified atom stereocenters.